The quantitative estimate of drug-likeness (QED) is 0.286. The van der Waals surface area contributed by atoms with E-state index in [1.165, 1.54) is 0 Å². The van der Waals surface area contributed by atoms with Gasteiger partial charge < -0.3 is 14.0 Å². The lowest BCUT2D eigenvalue weighted by Crippen LogP contribution is -2.20. The van der Waals surface area contributed by atoms with Crippen molar-refractivity contribution in [1.82, 2.24) is 0 Å². The van der Waals surface area contributed by atoms with E-state index in [4.69, 9.17) is 9.47 Å². The molecule has 4 heteroatoms. The standard InChI is InChI=1S/C29H27O3P/c1-31-25-13-9-11-23(21-25)19-20-29(24-12-10-14-26(22-24)32-2)33(30,27-15-5-3-6-16-27)28-17-7-4-8-18-28/h3-22,29H,1-2H3/b20-19+. The number of ether oxygens (including phenoxy) is 2. The molecule has 0 bridgehead atoms. The average molecular weight is 455 g/mol. The molecule has 0 amide bonds. The lowest BCUT2D eigenvalue weighted by molar-refractivity contribution is 0.414. The molecule has 0 saturated heterocycles. The lowest BCUT2D eigenvalue weighted by atomic mass is 10.1. The van der Waals surface area contributed by atoms with Crippen LogP contribution in [0.25, 0.3) is 6.08 Å². The topological polar surface area (TPSA) is 35.5 Å². The maximum absolute atomic E-state index is 15.1. The smallest absolute Gasteiger partial charge is 0.153 e. The number of rotatable bonds is 8. The molecule has 1 unspecified atom stereocenters. The summed E-state index contributed by atoms with van der Waals surface area (Å²) in [7, 11) is 0.185. The molecule has 0 saturated carbocycles. The normalized spacial score (nSPS) is 12.4. The van der Waals surface area contributed by atoms with Crippen molar-refractivity contribution in [3.05, 3.63) is 126 Å². The van der Waals surface area contributed by atoms with Crippen LogP contribution in [0.2, 0.25) is 0 Å². The highest BCUT2D eigenvalue weighted by Crippen LogP contribution is 2.58. The molecule has 0 radical (unpaired) electrons. The second-order valence-electron chi connectivity index (χ2n) is 7.69. The molecule has 0 aliphatic carbocycles. The van der Waals surface area contributed by atoms with Crippen LogP contribution in [0.4, 0.5) is 0 Å². The van der Waals surface area contributed by atoms with Crippen LogP contribution in [0.15, 0.2) is 115 Å². The van der Waals surface area contributed by atoms with Crippen LogP contribution in [0, 0.1) is 0 Å². The molecule has 0 N–H and O–H groups in total. The largest absolute Gasteiger partial charge is 0.497 e. The van der Waals surface area contributed by atoms with Crippen molar-refractivity contribution in [3.8, 4) is 11.5 Å². The van der Waals surface area contributed by atoms with Gasteiger partial charge in [0.15, 0.2) is 7.14 Å². The summed E-state index contributed by atoms with van der Waals surface area (Å²) in [5.41, 5.74) is 1.53. The molecule has 4 aromatic rings. The van der Waals surface area contributed by atoms with Gasteiger partial charge in [0.05, 0.1) is 19.9 Å². The first-order valence-electron chi connectivity index (χ1n) is 10.8. The third-order valence-corrected chi connectivity index (χ3v) is 9.06. The number of hydrogen-bond acceptors (Lipinski definition) is 3. The first-order valence-corrected chi connectivity index (χ1v) is 12.6. The van der Waals surface area contributed by atoms with Gasteiger partial charge in [-0.3, -0.25) is 0 Å². The first kappa shape index (κ1) is 22.6. The van der Waals surface area contributed by atoms with Gasteiger partial charge in [-0.25, -0.2) is 0 Å². The molecular formula is C29H27O3P. The van der Waals surface area contributed by atoms with Gasteiger partial charge in [-0.05, 0) is 35.4 Å². The van der Waals surface area contributed by atoms with Crippen molar-refractivity contribution < 1.29 is 14.0 Å². The minimum absolute atomic E-state index is 0.386. The Balaban J connectivity index is 1.92. The van der Waals surface area contributed by atoms with E-state index in [1.54, 1.807) is 14.2 Å². The average Bonchev–Trinajstić information content (AvgIpc) is 2.90. The van der Waals surface area contributed by atoms with E-state index in [0.29, 0.717) is 0 Å². The van der Waals surface area contributed by atoms with E-state index < -0.39 is 7.14 Å². The maximum Gasteiger partial charge on any atom is 0.153 e. The maximum atomic E-state index is 15.1. The van der Waals surface area contributed by atoms with Gasteiger partial charge in [0.25, 0.3) is 0 Å². The van der Waals surface area contributed by atoms with Crippen molar-refractivity contribution >= 4 is 23.8 Å². The summed E-state index contributed by atoms with van der Waals surface area (Å²) in [5, 5.41) is 1.64. The molecular weight excluding hydrogens is 427 g/mol. The highest BCUT2D eigenvalue weighted by atomic mass is 31.2. The summed E-state index contributed by atoms with van der Waals surface area (Å²) in [6.07, 6.45) is 4.06. The fourth-order valence-corrected chi connectivity index (χ4v) is 7.06. The Kier molecular flexibility index (Phi) is 7.12. The Labute approximate surface area is 195 Å². The Morgan fingerprint density at radius 1 is 0.667 bits per heavy atom. The fourth-order valence-electron chi connectivity index (χ4n) is 3.98. The summed E-state index contributed by atoms with van der Waals surface area (Å²) in [6.45, 7) is 0. The molecule has 0 aliphatic rings. The molecule has 4 rings (SSSR count). The Morgan fingerprint density at radius 2 is 1.21 bits per heavy atom. The molecule has 4 aromatic carbocycles. The van der Waals surface area contributed by atoms with Crippen molar-refractivity contribution in [2.24, 2.45) is 0 Å². The van der Waals surface area contributed by atoms with Crippen LogP contribution in [0.5, 0.6) is 11.5 Å². The van der Waals surface area contributed by atoms with Crippen LogP contribution in [0.3, 0.4) is 0 Å². The molecule has 0 aromatic heterocycles. The predicted octanol–water partition coefficient (Wildman–Crippen LogP) is 6.47. The van der Waals surface area contributed by atoms with E-state index in [1.807, 2.05) is 121 Å². The van der Waals surface area contributed by atoms with Crippen molar-refractivity contribution in [1.29, 1.82) is 0 Å². The zero-order valence-electron chi connectivity index (χ0n) is 18.8. The second kappa shape index (κ2) is 10.4. The summed E-state index contributed by atoms with van der Waals surface area (Å²) in [5.74, 6) is 1.52. The summed E-state index contributed by atoms with van der Waals surface area (Å²) in [4.78, 5) is 0. The predicted molar refractivity (Wildman–Crippen MR) is 138 cm³/mol. The number of methoxy groups -OCH3 is 2. The van der Waals surface area contributed by atoms with Gasteiger partial charge in [0.2, 0.25) is 0 Å². The van der Waals surface area contributed by atoms with Crippen LogP contribution >= 0.6 is 7.14 Å². The van der Waals surface area contributed by atoms with Crippen molar-refractivity contribution in [3.63, 3.8) is 0 Å². The van der Waals surface area contributed by atoms with E-state index >= 15 is 4.57 Å². The third-order valence-electron chi connectivity index (χ3n) is 5.67. The summed E-state index contributed by atoms with van der Waals surface area (Å²) < 4.78 is 26.0. The molecule has 166 valence electrons. The van der Waals surface area contributed by atoms with E-state index in [2.05, 4.69) is 0 Å². The highest BCUT2D eigenvalue weighted by molar-refractivity contribution is 7.79. The molecule has 1 atom stereocenters. The van der Waals surface area contributed by atoms with E-state index in [-0.39, 0.29) is 5.66 Å². The van der Waals surface area contributed by atoms with Gasteiger partial charge >= 0.3 is 0 Å². The zero-order valence-corrected chi connectivity index (χ0v) is 19.7. The van der Waals surface area contributed by atoms with Gasteiger partial charge in [0.1, 0.15) is 11.5 Å². The van der Waals surface area contributed by atoms with Crippen molar-refractivity contribution in [2.75, 3.05) is 14.2 Å². The lowest BCUT2D eigenvalue weighted by Gasteiger charge is -2.27. The number of benzene rings is 4. The molecule has 33 heavy (non-hydrogen) atoms. The summed E-state index contributed by atoms with van der Waals surface area (Å²) >= 11 is 0. The van der Waals surface area contributed by atoms with Crippen LogP contribution in [-0.4, -0.2) is 14.2 Å². The van der Waals surface area contributed by atoms with Crippen LogP contribution in [0.1, 0.15) is 16.8 Å². The Morgan fingerprint density at radius 3 is 1.79 bits per heavy atom. The molecule has 0 aliphatic heterocycles. The fraction of sp³-hybridized carbons (Fsp3) is 0.103. The Hall–Kier alpha value is -3.55. The van der Waals surface area contributed by atoms with Gasteiger partial charge in [-0.15, -0.1) is 0 Å². The van der Waals surface area contributed by atoms with Crippen LogP contribution in [-0.2, 0) is 4.57 Å². The Bertz CT molecular complexity index is 1220. The number of hydrogen-bond donors (Lipinski definition) is 0. The second-order valence-corrected chi connectivity index (χ2v) is 10.6. The minimum atomic E-state index is -3.12. The van der Waals surface area contributed by atoms with Crippen LogP contribution < -0.4 is 20.1 Å². The van der Waals surface area contributed by atoms with Crippen molar-refractivity contribution in [2.45, 2.75) is 5.66 Å². The van der Waals surface area contributed by atoms with Gasteiger partial charge in [0, 0.05) is 10.6 Å². The van der Waals surface area contributed by atoms with E-state index in [0.717, 1.165) is 33.2 Å². The SMILES string of the molecule is COc1cccc(/C=C/C(c2cccc(OC)c2)P(=O)(c2ccccc2)c2ccccc2)c1. The molecule has 0 fully saturated rings. The molecule has 0 spiro atoms. The highest BCUT2D eigenvalue weighted by Gasteiger charge is 2.36. The first-order chi connectivity index (χ1) is 16.1. The minimum Gasteiger partial charge on any atom is -0.497 e. The molecule has 0 heterocycles. The van der Waals surface area contributed by atoms with Gasteiger partial charge in [-0.1, -0.05) is 97.1 Å². The zero-order chi connectivity index (χ0) is 23.1. The number of allylic oxidation sites excluding steroid dienone is 1. The third kappa shape index (κ3) is 4.94. The van der Waals surface area contributed by atoms with E-state index in [9.17, 15) is 0 Å². The monoisotopic (exact) mass is 454 g/mol. The van der Waals surface area contributed by atoms with Gasteiger partial charge in [-0.2, -0.15) is 0 Å². The molecule has 3 nitrogen and oxygen atoms in total. The summed E-state index contributed by atoms with van der Waals surface area (Å²) in [6, 6.07) is 35.2.